The first-order chi connectivity index (χ1) is 6.59. The maximum Gasteiger partial charge on any atom is 0.313 e. The van der Waals surface area contributed by atoms with Gasteiger partial charge in [0.1, 0.15) is 5.03 Å². The summed E-state index contributed by atoms with van der Waals surface area (Å²) in [6.45, 7) is 0. The summed E-state index contributed by atoms with van der Waals surface area (Å²) in [6, 6.07) is 2.90. The third-order valence-electron chi connectivity index (χ3n) is 1.24. The molecule has 74 valence electrons. The molecule has 0 spiro atoms. The molecule has 0 aliphatic carbocycles. The van der Waals surface area contributed by atoms with Gasteiger partial charge < -0.3 is 10.8 Å². The Balaban J connectivity index is 2.64. The predicted octanol–water partition coefficient (Wildman–Crippen LogP) is -0.248. The van der Waals surface area contributed by atoms with Crippen LogP contribution in [0.3, 0.4) is 0 Å². The fourth-order valence-electron chi connectivity index (χ4n) is 0.664. The molecule has 0 saturated carbocycles. The molecule has 0 aromatic carbocycles. The molecule has 0 aliphatic heterocycles. The highest BCUT2D eigenvalue weighted by Gasteiger charge is 2.04. The first-order valence-corrected chi connectivity index (χ1v) is 4.56. The van der Waals surface area contributed by atoms with Crippen molar-refractivity contribution in [3.63, 3.8) is 0 Å². The van der Waals surface area contributed by atoms with Crippen molar-refractivity contribution in [2.75, 3.05) is 5.75 Å². The Morgan fingerprint density at radius 1 is 1.43 bits per heavy atom. The van der Waals surface area contributed by atoms with Crippen LogP contribution in [0, 0.1) is 0 Å². The van der Waals surface area contributed by atoms with Crippen molar-refractivity contribution in [2.24, 2.45) is 5.73 Å². The molecule has 7 heteroatoms. The van der Waals surface area contributed by atoms with Crippen molar-refractivity contribution in [1.29, 1.82) is 0 Å². The number of carboxylic acid groups (broad SMARTS) is 1. The second kappa shape index (κ2) is 4.56. The molecule has 0 saturated heterocycles. The Bertz CT molecular complexity index is 352. The quantitative estimate of drug-likeness (QED) is 0.668. The minimum Gasteiger partial charge on any atom is -0.481 e. The van der Waals surface area contributed by atoms with Crippen LogP contribution in [0.5, 0.6) is 0 Å². The Morgan fingerprint density at radius 3 is 2.57 bits per heavy atom. The monoisotopic (exact) mass is 213 g/mol. The number of primary amides is 1. The van der Waals surface area contributed by atoms with E-state index in [4.69, 9.17) is 10.8 Å². The second-order valence-electron chi connectivity index (χ2n) is 2.30. The van der Waals surface area contributed by atoms with Crippen LogP contribution in [-0.2, 0) is 4.79 Å². The average molecular weight is 213 g/mol. The zero-order valence-corrected chi connectivity index (χ0v) is 7.82. The van der Waals surface area contributed by atoms with Crippen LogP contribution in [0.4, 0.5) is 0 Å². The lowest BCUT2D eigenvalue weighted by molar-refractivity contribution is -0.133. The Hall–Kier alpha value is -1.63. The predicted molar refractivity (Wildman–Crippen MR) is 48.9 cm³/mol. The van der Waals surface area contributed by atoms with E-state index in [-0.39, 0.29) is 11.4 Å². The van der Waals surface area contributed by atoms with Gasteiger partial charge in [0.05, 0.1) is 5.75 Å². The fraction of sp³-hybridized carbons (Fsp3) is 0.143. The number of hydrogen-bond acceptors (Lipinski definition) is 5. The van der Waals surface area contributed by atoms with E-state index in [0.29, 0.717) is 5.03 Å². The van der Waals surface area contributed by atoms with Gasteiger partial charge >= 0.3 is 5.97 Å². The molecular weight excluding hydrogens is 206 g/mol. The highest BCUT2D eigenvalue weighted by Crippen LogP contribution is 2.13. The molecule has 0 radical (unpaired) electrons. The summed E-state index contributed by atoms with van der Waals surface area (Å²) in [5.41, 5.74) is 5.00. The molecule has 0 aliphatic rings. The molecule has 1 heterocycles. The number of nitrogens with zero attached hydrogens (tertiary/aromatic N) is 2. The lowest BCUT2D eigenvalue weighted by Crippen LogP contribution is -2.13. The van der Waals surface area contributed by atoms with Crippen molar-refractivity contribution >= 4 is 23.6 Å². The third-order valence-corrected chi connectivity index (χ3v) is 2.14. The fourth-order valence-corrected chi connectivity index (χ4v) is 1.20. The van der Waals surface area contributed by atoms with Gasteiger partial charge in [0.25, 0.3) is 5.91 Å². The topological polar surface area (TPSA) is 106 Å². The Morgan fingerprint density at radius 2 is 2.14 bits per heavy atom. The highest BCUT2D eigenvalue weighted by atomic mass is 32.2. The minimum atomic E-state index is -0.934. The maximum absolute atomic E-state index is 10.6. The van der Waals surface area contributed by atoms with Crippen molar-refractivity contribution in [3.8, 4) is 0 Å². The molecule has 3 N–H and O–H groups in total. The number of amides is 1. The van der Waals surface area contributed by atoms with Gasteiger partial charge in [-0.15, -0.1) is 10.2 Å². The van der Waals surface area contributed by atoms with Gasteiger partial charge in [-0.1, -0.05) is 11.8 Å². The van der Waals surface area contributed by atoms with Crippen LogP contribution in [0.15, 0.2) is 17.2 Å². The third kappa shape index (κ3) is 3.02. The minimum absolute atomic E-state index is 0.0599. The molecular formula is C7H7N3O3S. The number of hydrogen-bond donors (Lipinski definition) is 2. The highest BCUT2D eigenvalue weighted by molar-refractivity contribution is 7.99. The van der Waals surface area contributed by atoms with Gasteiger partial charge in [-0.05, 0) is 12.1 Å². The number of carboxylic acids is 1. The van der Waals surface area contributed by atoms with E-state index in [0.717, 1.165) is 11.8 Å². The number of aromatic nitrogens is 2. The number of carbonyl (C=O) groups excluding carboxylic acids is 1. The molecule has 1 aromatic heterocycles. The van der Waals surface area contributed by atoms with Gasteiger partial charge in [0.2, 0.25) is 0 Å². The van der Waals surface area contributed by atoms with E-state index in [2.05, 4.69) is 10.2 Å². The lowest BCUT2D eigenvalue weighted by Gasteiger charge is -1.96. The van der Waals surface area contributed by atoms with Crippen LogP contribution in [0.1, 0.15) is 10.5 Å². The molecule has 0 unspecified atom stereocenters. The smallest absolute Gasteiger partial charge is 0.313 e. The van der Waals surface area contributed by atoms with Crippen LogP contribution in [0.2, 0.25) is 0 Å². The van der Waals surface area contributed by atoms with Gasteiger partial charge in [-0.25, -0.2) is 0 Å². The number of thioether (sulfide) groups is 1. The summed E-state index contributed by atoms with van der Waals surface area (Å²) in [6.07, 6.45) is 0. The largest absolute Gasteiger partial charge is 0.481 e. The molecule has 1 rings (SSSR count). The van der Waals surface area contributed by atoms with Crippen LogP contribution < -0.4 is 5.73 Å². The van der Waals surface area contributed by atoms with Crippen molar-refractivity contribution in [3.05, 3.63) is 17.8 Å². The average Bonchev–Trinajstić information content (AvgIpc) is 2.15. The SMILES string of the molecule is NC(=O)c1ccc(SCC(=O)O)nn1. The van der Waals surface area contributed by atoms with E-state index in [1.165, 1.54) is 12.1 Å². The first-order valence-electron chi connectivity index (χ1n) is 3.57. The van der Waals surface area contributed by atoms with E-state index in [1.54, 1.807) is 0 Å². The van der Waals surface area contributed by atoms with Crippen molar-refractivity contribution in [1.82, 2.24) is 10.2 Å². The standard InChI is InChI=1S/C7H7N3O3S/c8-7(13)4-1-2-5(10-9-4)14-3-6(11)12/h1-2H,3H2,(H2,8,13)(H,11,12). The number of carbonyl (C=O) groups is 2. The molecule has 0 atom stereocenters. The van der Waals surface area contributed by atoms with Gasteiger partial charge in [-0.2, -0.15) is 0 Å². The zero-order chi connectivity index (χ0) is 10.6. The summed E-state index contributed by atoms with van der Waals surface area (Å²) >= 11 is 1.02. The molecule has 1 amide bonds. The lowest BCUT2D eigenvalue weighted by atomic mass is 10.4. The van der Waals surface area contributed by atoms with Crippen molar-refractivity contribution in [2.45, 2.75) is 5.03 Å². The first kappa shape index (κ1) is 10.5. The van der Waals surface area contributed by atoms with E-state index in [1.807, 2.05) is 0 Å². The summed E-state index contributed by atoms with van der Waals surface area (Å²) < 4.78 is 0. The Kier molecular flexibility index (Phi) is 3.41. The van der Waals surface area contributed by atoms with E-state index >= 15 is 0 Å². The molecule has 6 nitrogen and oxygen atoms in total. The van der Waals surface area contributed by atoms with Gasteiger partial charge in [0.15, 0.2) is 5.69 Å². The zero-order valence-electron chi connectivity index (χ0n) is 7.01. The van der Waals surface area contributed by atoms with Crippen LogP contribution >= 0.6 is 11.8 Å². The van der Waals surface area contributed by atoms with E-state index < -0.39 is 11.9 Å². The molecule has 0 fully saturated rings. The Labute approximate surface area is 83.5 Å². The number of nitrogens with two attached hydrogens (primary N) is 1. The second-order valence-corrected chi connectivity index (χ2v) is 3.30. The maximum atomic E-state index is 10.6. The number of aliphatic carboxylic acids is 1. The van der Waals surface area contributed by atoms with Crippen molar-refractivity contribution < 1.29 is 14.7 Å². The van der Waals surface area contributed by atoms with E-state index in [9.17, 15) is 9.59 Å². The summed E-state index contributed by atoms with van der Waals surface area (Å²) in [4.78, 5) is 20.8. The molecule has 1 aromatic rings. The summed E-state index contributed by atoms with van der Waals surface area (Å²) in [5.74, 6) is -1.69. The van der Waals surface area contributed by atoms with Crippen LogP contribution in [-0.4, -0.2) is 32.9 Å². The van der Waals surface area contributed by atoms with Gasteiger partial charge in [0, 0.05) is 0 Å². The normalized spacial score (nSPS) is 9.71. The summed E-state index contributed by atoms with van der Waals surface area (Å²) in [7, 11) is 0. The van der Waals surface area contributed by atoms with Gasteiger partial charge in [-0.3, -0.25) is 9.59 Å². The van der Waals surface area contributed by atoms with Crippen LogP contribution in [0.25, 0.3) is 0 Å². The molecule has 14 heavy (non-hydrogen) atoms. The summed E-state index contributed by atoms with van der Waals surface area (Å²) in [5, 5.41) is 16.0. The number of rotatable bonds is 4. The molecule has 0 bridgehead atoms.